The molecule has 1 amide bonds. The molecule has 0 radical (unpaired) electrons. The lowest BCUT2D eigenvalue weighted by Crippen LogP contribution is -2.20. The van der Waals surface area contributed by atoms with Gasteiger partial charge in [-0.1, -0.05) is 6.07 Å². The first-order chi connectivity index (χ1) is 14.0. The number of amides is 1. The van der Waals surface area contributed by atoms with Crippen LogP contribution in [0.5, 0.6) is 17.2 Å². The van der Waals surface area contributed by atoms with Gasteiger partial charge in [0.1, 0.15) is 19.0 Å². The van der Waals surface area contributed by atoms with Gasteiger partial charge in [0, 0.05) is 6.08 Å². The number of carbonyl (C=O) groups excluding carboxylic acids is 2. The molecule has 0 fully saturated rings. The number of benzene rings is 2. The Hall–Kier alpha value is -3.55. The largest absolute Gasteiger partial charge is 0.493 e. The van der Waals surface area contributed by atoms with Gasteiger partial charge in [-0.3, -0.25) is 4.79 Å². The zero-order valence-electron chi connectivity index (χ0n) is 16.0. The first-order valence-corrected chi connectivity index (χ1v) is 8.84. The van der Waals surface area contributed by atoms with E-state index in [0.717, 1.165) is 5.56 Å². The number of nitrogens with one attached hydrogen (secondary N) is 1. The monoisotopic (exact) mass is 401 g/mol. The minimum Gasteiger partial charge on any atom is -0.493 e. The molecular formula is C21H20FNO6. The van der Waals surface area contributed by atoms with E-state index in [1.807, 2.05) is 0 Å². The maximum Gasteiger partial charge on any atom is 0.331 e. The van der Waals surface area contributed by atoms with Crippen molar-refractivity contribution in [2.24, 2.45) is 0 Å². The number of ether oxygens (including phenoxy) is 4. The Labute approximate surface area is 167 Å². The number of methoxy groups -OCH3 is 1. The molecular weight excluding hydrogens is 381 g/mol. The van der Waals surface area contributed by atoms with Crippen molar-refractivity contribution in [3.63, 3.8) is 0 Å². The second-order valence-electron chi connectivity index (χ2n) is 6.22. The molecule has 1 aliphatic rings. The van der Waals surface area contributed by atoms with E-state index in [4.69, 9.17) is 18.9 Å². The van der Waals surface area contributed by atoms with Crippen molar-refractivity contribution in [3.05, 3.63) is 53.4 Å². The Morgan fingerprint density at radius 2 is 2.00 bits per heavy atom. The molecule has 0 atom stereocenters. The zero-order valence-corrected chi connectivity index (χ0v) is 16.0. The van der Waals surface area contributed by atoms with Crippen molar-refractivity contribution in [1.82, 2.24) is 0 Å². The van der Waals surface area contributed by atoms with Crippen molar-refractivity contribution in [3.8, 4) is 17.2 Å². The summed E-state index contributed by atoms with van der Waals surface area (Å²) in [6, 6.07) is 7.79. The molecule has 0 aromatic heterocycles. The van der Waals surface area contributed by atoms with Crippen molar-refractivity contribution >= 4 is 23.6 Å². The minimum atomic E-state index is -0.724. The highest BCUT2D eigenvalue weighted by atomic mass is 19.1. The van der Waals surface area contributed by atoms with Crippen molar-refractivity contribution in [2.75, 3.05) is 32.2 Å². The summed E-state index contributed by atoms with van der Waals surface area (Å²) in [5.74, 6) is -0.415. The Kier molecular flexibility index (Phi) is 6.33. The minimum absolute atomic E-state index is 0.0237. The van der Waals surface area contributed by atoms with Gasteiger partial charge in [-0.2, -0.15) is 0 Å². The number of rotatable bonds is 6. The number of aryl methyl sites for hydroxylation is 1. The molecule has 0 saturated carbocycles. The lowest BCUT2D eigenvalue weighted by atomic mass is 10.1. The summed E-state index contributed by atoms with van der Waals surface area (Å²) in [6.07, 6.45) is 2.67. The number of anilines is 1. The average Bonchev–Trinajstić information content (AvgIpc) is 2.72. The molecule has 0 saturated heterocycles. The lowest BCUT2D eigenvalue weighted by molar-refractivity contribution is -0.142. The van der Waals surface area contributed by atoms with Crippen LogP contribution in [0.15, 0.2) is 36.4 Å². The van der Waals surface area contributed by atoms with Gasteiger partial charge in [0.25, 0.3) is 5.91 Å². The van der Waals surface area contributed by atoms with E-state index < -0.39 is 24.3 Å². The zero-order chi connectivity index (χ0) is 20.8. The maximum absolute atomic E-state index is 13.7. The molecule has 0 spiro atoms. The second-order valence-corrected chi connectivity index (χ2v) is 6.22. The fourth-order valence-electron chi connectivity index (χ4n) is 2.65. The van der Waals surface area contributed by atoms with Crippen molar-refractivity contribution in [2.45, 2.75) is 6.92 Å². The third kappa shape index (κ3) is 5.25. The molecule has 0 bridgehead atoms. The quantitative estimate of drug-likeness (QED) is 0.592. The normalized spacial score (nSPS) is 12.5. The van der Waals surface area contributed by atoms with Crippen LogP contribution in [-0.4, -0.2) is 38.8 Å². The molecule has 1 aliphatic heterocycles. The maximum atomic E-state index is 13.7. The van der Waals surface area contributed by atoms with Crippen LogP contribution in [0.4, 0.5) is 10.1 Å². The third-order valence-electron chi connectivity index (χ3n) is 4.01. The van der Waals surface area contributed by atoms with E-state index in [2.05, 4.69) is 5.32 Å². The Bertz CT molecular complexity index is 939. The summed E-state index contributed by atoms with van der Waals surface area (Å²) in [6.45, 7) is 2.04. The summed E-state index contributed by atoms with van der Waals surface area (Å²) in [5.41, 5.74) is 1.39. The molecule has 3 rings (SSSR count). The standard InChI is InChI=1S/C21H20FNO6/c1-13-3-5-16(15(22)9-13)23-19(24)12-29-20(25)6-4-14-10-17(26-2)21-18(11-14)27-7-8-28-21/h3-6,9-11H,7-8,12H2,1-2H3,(H,23,24)/b6-4+. The highest BCUT2D eigenvalue weighted by Crippen LogP contribution is 2.40. The van der Waals surface area contributed by atoms with Crippen LogP contribution in [0, 0.1) is 12.7 Å². The van der Waals surface area contributed by atoms with Gasteiger partial charge < -0.3 is 24.3 Å². The van der Waals surface area contributed by atoms with Crippen LogP contribution in [0.2, 0.25) is 0 Å². The second kappa shape index (κ2) is 9.09. The van der Waals surface area contributed by atoms with Crippen LogP contribution >= 0.6 is 0 Å². The number of esters is 1. The predicted octanol–water partition coefficient (Wildman–Crippen LogP) is 3.11. The molecule has 2 aromatic rings. The van der Waals surface area contributed by atoms with Gasteiger partial charge in [0.2, 0.25) is 5.75 Å². The van der Waals surface area contributed by atoms with Gasteiger partial charge in [0.05, 0.1) is 12.8 Å². The predicted molar refractivity (Wildman–Crippen MR) is 104 cm³/mol. The highest BCUT2D eigenvalue weighted by molar-refractivity contribution is 5.94. The molecule has 7 nitrogen and oxygen atoms in total. The third-order valence-corrected chi connectivity index (χ3v) is 4.01. The Morgan fingerprint density at radius 1 is 1.21 bits per heavy atom. The van der Waals surface area contributed by atoms with E-state index in [0.29, 0.717) is 36.0 Å². The van der Waals surface area contributed by atoms with Crippen molar-refractivity contribution < 1.29 is 32.9 Å². The van der Waals surface area contributed by atoms with Crippen LogP contribution in [0.3, 0.4) is 0 Å². The number of carbonyl (C=O) groups is 2. The van der Waals surface area contributed by atoms with E-state index in [9.17, 15) is 14.0 Å². The summed E-state index contributed by atoms with van der Waals surface area (Å²) in [7, 11) is 1.50. The fraction of sp³-hybridized carbons (Fsp3) is 0.238. The van der Waals surface area contributed by atoms with Gasteiger partial charge in [0.15, 0.2) is 18.1 Å². The highest BCUT2D eigenvalue weighted by Gasteiger charge is 2.18. The summed E-state index contributed by atoms with van der Waals surface area (Å²) >= 11 is 0. The number of hydrogen-bond donors (Lipinski definition) is 1. The summed E-state index contributed by atoms with van der Waals surface area (Å²) in [5, 5.41) is 2.35. The topological polar surface area (TPSA) is 83.1 Å². The first-order valence-electron chi connectivity index (χ1n) is 8.84. The number of halogens is 1. The Morgan fingerprint density at radius 3 is 2.76 bits per heavy atom. The Balaban J connectivity index is 1.56. The lowest BCUT2D eigenvalue weighted by Gasteiger charge is -2.20. The summed E-state index contributed by atoms with van der Waals surface area (Å²) < 4.78 is 34.9. The molecule has 2 aromatic carbocycles. The molecule has 152 valence electrons. The van der Waals surface area contributed by atoms with Gasteiger partial charge in [-0.15, -0.1) is 0 Å². The van der Waals surface area contributed by atoms with E-state index in [1.165, 1.54) is 31.4 Å². The molecule has 29 heavy (non-hydrogen) atoms. The SMILES string of the molecule is COc1cc(/C=C/C(=O)OCC(=O)Nc2ccc(C)cc2F)cc2c1OCCO2. The van der Waals surface area contributed by atoms with Gasteiger partial charge in [-0.25, -0.2) is 9.18 Å². The smallest absolute Gasteiger partial charge is 0.331 e. The average molecular weight is 401 g/mol. The molecule has 0 aliphatic carbocycles. The fourth-order valence-corrected chi connectivity index (χ4v) is 2.65. The number of fused-ring (bicyclic) bond motifs is 1. The molecule has 1 N–H and O–H groups in total. The van der Waals surface area contributed by atoms with E-state index in [-0.39, 0.29) is 5.69 Å². The van der Waals surface area contributed by atoms with Crippen LogP contribution in [0.1, 0.15) is 11.1 Å². The number of hydrogen-bond acceptors (Lipinski definition) is 6. The van der Waals surface area contributed by atoms with Gasteiger partial charge >= 0.3 is 5.97 Å². The first kappa shape index (κ1) is 20.2. The summed E-state index contributed by atoms with van der Waals surface area (Å²) in [4.78, 5) is 23.7. The van der Waals surface area contributed by atoms with Crippen molar-refractivity contribution in [1.29, 1.82) is 0 Å². The molecule has 1 heterocycles. The van der Waals surface area contributed by atoms with Crippen LogP contribution in [-0.2, 0) is 14.3 Å². The molecule has 0 unspecified atom stereocenters. The van der Waals surface area contributed by atoms with Crippen LogP contribution < -0.4 is 19.5 Å². The van der Waals surface area contributed by atoms with Gasteiger partial charge in [-0.05, 0) is 48.4 Å². The van der Waals surface area contributed by atoms with Crippen LogP contribution in [0.25, 0.3) is 6.08 Å². The molecule has 8 heteroatoms. The van der Waals surface area contributed by atoms with E-state index in [1.54, 1.807) is 25.1 Å². The van der Waals surface area contributed by atoms with E-state index >= 15 is 0 Å².